The number of rotatable bonds is 5. The van der Waals surface area contributed by atoms with Crippen LogP contribution in [0.2, 0.25) is 0 Å². The van der Waals surface area contributed by atoms with Crippen LogP contribution in [0, 0.1) is 6.92 Å². The minimum atomic E-state index is -0.653. The molecule has 5 heteroatoms. The van der Waals surface area contributed by atoms with Crippen molar-refractivity contribution in [3.05, 3.63) is 89.5 Å². The fraction of sp³-hybridized carbons (Fsp3) is 0.0909. The molecular weight excluding hydrogens is 340 g/mol. The summed E-state index contributed by atoms with van der Waals surface area (Å²) in [6.07, 6.45) is 0. The van der Waals surface area contributed by atoms with Crippen molar-refractivity contribution in [2.45, 2.75) is 6.92 Å². The zero-order valence-electron chi connectivity index (χ0n) is 15.2. The number of ketones is 1. The van der Waals surface area contributed by atoms with Crippen LogP contribution in [0.3, 0.4) is 0 Å². The molecule has 3 aromatic carbocycles. The summed E-state index contributed by atoms with van der Waals surface area (Å²) in [6, 6.07) is 20.5. The van der Waals surface area contributed by atoms with Crippen LogP contribution in [0.4, 0.5) is 16.2 Å². The van der Waals surface area contributed by atoms with Crippen molar-refractivity contribution in [3.8, 4) is 5.75 Å². The highest BCUT2D eigenvalue weighted by Gasteiger charge is 2.23. The van der Waals surface area contributed by atoms with Gasteiger partial charge in [0.2, 0.25) is 0 Å². The summed E-state index contributed by atoms with van der Waals surface area (Å²) in [5.41, 5.74) is 8.53. The maximum absolute atomic E-state index is 13.1. The zero-order chi connectivity index (χ0) is 19.4. The van der Waals surface area contributed by atoms with Gasteiger partial charge in [-0.05, 0) is 55.0 Å². The van der Waals surface area contributed by atoms with Gasteiger partial charge < -0.3 is 10.5 Å². The minimum Gasteiger partial charge on any atom is -0.497 e. The molecule has 2 N–H and O–H groups in total. The first-order chi connectivity index (χ1) is 13.0. The van der Waals surface area contributed by atoms with E-state index in [2.05, 4.69) is 0 Å². The van der Waals surface area contributed by atoms with E-state index in [1.165, 1.54) is 4.90 Å². The number of anilines is 2. The first-order valence-corrected chi connectivity index (χ1v) is 8.46. The van der Waals surface area contributed by atoms with Crippen LogP contribution in [-0.2, 0) is 0 Å². The van der Waals surface area contributed by atoms with Crippen molar-refractivity contribution in [1.82, 2.24) is 0 Å². The highest BCUT2D eigenvalue weighted by atomic mass is 16.5. The van der Waals surface area contributed by atoms with E-state index in [4.69, 9.17) is 10.5 Å². The standard InChI is InChI=1S/C22H20N2O3/c1-15-7-3-5-9-19(15)24(22(23)26)20-10-6-4-8-18(20)21(25)16-11-13-17(27-2)14-12-16/h3-14H,1-2H3,(H2,23,26). The SMILES string of the molecule is COc1ccc(C(=O)c2ccccc2N(C(N)=O)c2ccccc2C)cc1. The molecule has 0 atom stereocenters. The van der Waals surface area contributed by atoms with Crippen molar-refractivity contribution in [2.24, 2.45) is 5.73 Å². The van der Waals surface area contributed by atoms with Crippen LogP contribution >= 0.6 is 0 Å². The fourth-order valence-electron chi connectivity index (χ4n) is 2.94. The van der Waals surface area contributed by atoms with Crippen molar-refractivity contribution in [2.75, 3.05) is 12.0 Å². The van der Waals surface area contributed by atoms with E-state index in [-0.39, 0.29) is 5.78 Å². The second-order valence-corrected chi connectivity index (χ2v) is 6.03. The normalized spacial score (nSPS) is 10.3. The van der Waals surface area contributed by atoms with Crippen LogP contribution in [0.5, 0.6) is 5.75 Å². The molecule has 3 rings (SSSR count). The Morgan fingerprint density at radius 1 is 0.852 bits per heavy atom. The van der Waals surface area contributed by atoms with Gasteiger partial charge in [-0.1, -0.05) is 30.3 Å². The molecule has 0 aliphatic carbocycles. The van der Waals surface area contributed by atoms with Crippen LogP contribution in [-0.4, -0.2) is 18.9 Å². The molecule has 0 aliphatic heterocycles. The second-order valence-electron chi connectivity index (χ2n) is 6.03. The number of methoxy groups -OCH3 is 1. The molecule has 3 aromatic rings. The van der Waals surface area contributed by atoms with E-state index in [1.54, 1.807) is 61.7 Å². The molecule has 0 spiro atoms. The molecule has 0 aromatic heterocycles. The Morgan fingerprint density at radius 3 is 2.04 bits per heavy atom. The van der Waals surface area contributed by atoms with Crippen molar-refractivity contribution in [3.63, 3.8) is 0 Å². The van der Waals surface area contributed by atoms with Gasteiger partial charge in [0.05, 0.1) is 18.5 Å². The average molecular weight is 360 g/mol. The van der Waals surface area contributed by atoms with E-state index in [0.717, 1.165) is 5.56 Å². The third-order valence-electron chi connectivity index (χ3n) is 4.32. The number of aryl methyl sites for hydroxylation is 1. The van der Waals surface area contributed by atoms with Crippen LogP contribution in [0.25, 0.3) is 0 Å². The molecule has 27 heavy (non-hydrogen) atoms. The number of para-hydroxylation sites is 2. The van der Waals surface area contributed by atoms with E-state index < -0.39 is 6.03 Å². The van der Waals surface area contributed by atoms with E-state index in [0.29, 0.717) is 28.3 Å². The van der Waals surface area contributed by atoms with Crippen LogP contribution < -0.4 is 15.4 Å². The molecule has 0 saturated carbocycles. The lowest BCUT2D eigenvalue weighted by Gasteiger charge is -2.24. The van der Waals surface area contributed by atoms with Gasteiger partial charge in [-0.3, -0.25) is 9.69 Å². The molecular formula is C22H20N2O3. The number of hydrogen-bond acceptors (Lipinski definition) is 3. The van der Waals surface area contributed by atoms with Crippen LogP contribution in [0.15, 0.2) is 72.8 Å². The highest BCUT2D eigenvalue weighted by Crippen LogP contribution is 2.32. The van der Waals surface area contributed by atoms with E-state index >= 15 is 0 Å². The Balaban J connectivity index is 2.10. The number of benzene rings is 3. The largest absolute Gasteiger partial charge is 0.497 e. The molecule has 0 saturated heterocycles. The number of nitrogens with two attached hydrogens (primary N) is 1. The van der Waals surface area contributed by atoms with Crippen molar-refractivity contribution in [1.29, 1.82) is 0 Å². The number of urea groups is 1. The lowest BCUT2D eigenvalue weighted by molar-refractivity contribution is 0.103. The lowest BCUT2D eigenvalue weighted by Crippen LogP contribution is -2.33. The van der Waals surface area contributed by atoms with Gasteiger partial charge in [-0.2, -0.15) is 0 Å². The second kappa shape index (κ2) is 7.74. The first kappa shape index (κ1) is 18.2. The zero-order valence-corrected chi connectivity index (χ0v) is 15.2. The third-order valence-corrected chi connectivity index (χ3v) is 4.32. The van der Waals surface area contributed by atoms with Crippen molar-refractivity contribution < 1.29 is 14.3 Å². The summed E-state index contributed by atoms with van der Waals surface area (Å²) in [5, 5.41) is 0. The molecule has 0 heterocycles. The number of nitrogens with zero attached hydrogens (tertiary/aromatic N) is 1. The van der Waals surface area contributed by atoms with Gasteiger partial charge in [-0.25, -0.2) is 4.79 Å². The highest BCUT2D eigenvalue weighted by molar-refractivity contribution is 6.15. The Morgan fingerprint density at radius 2 is 1.44 bits per heavy atom. The Bertz CT molecular complexity index is 981. The molecule has 0 aliphatic rings. The van der Waals surface area contributed by atoms with Gasteiger partial charge in [0.25, 0.3) is 0 Å². The fourth-order valence-corrected chi connectivity index (χ4v) is 2.94. The van der Waals surface area contributed by atoms with Crippen LogP contribution in [0.1, 0.15) is 21.5 Å². The molecule has 5 nitrogen and oxygen atoms in total. The van der Waals surface area contributed by atoms with Gasteiger partial charge in [0.15, 0.2) is 5.78 Å². The summed E-state index contributed by atoms with van der Waals surface area (Å²) in [7, 11) is 1.57. The summed E-state index contributed by atoms with van der Waals surface area (Å²) in [5.74, 6) is 0.464. The molecule has 0 fully saturated rings. The minimum absolute atomic E-state index is 0.201. The number of primary amides is 1. The number of carbonyl (C=O) groups is 2. The van der Waals surface area contributed by atoms with Crippen molar-refractivity contribution >= 4 is 23.2 Å². The molecule has 0 bridgehead atoms. The Hall–Kier alpha value is -3.60. The Labute approximate surface area is 158 Å². The number of carbonyl (C=O) groups excluding carboxylic acids is 2. The quantitative estimate of drug-likeness (QED) is 0.683. The predicted octanol–water partition coefficient (Wildman–Crippen LogP) is 4.45. The third kappa shape index (κ3) is 3.67. The summed E-state index contributed by atoms with van der Waals surface area (Å²) in [4.78, 5) is 26.7. The number of hydrogen-bond donors (Lipinski definition) is 1. The number of ether oxygens (including phenoxy) is 1. The molecule has 136 valence electrons. The van der Waals surface area contributed by atoms with Gasteiger partial charge in [-0.15, -0.1) is 0 Å². The van der Waals surface area contributed by atoms with E-state index in [1.807, 2.05) is 25.1 Å². The number of amides is 2. The molecule has 0 unspecified atom stereocenters. The molecule has 0 radical (unpaired) electrons. The topological polar surface area (TPSA) is 72.6 Å². The van der Waals surface area contributed by atoms with Gasteiger partial charge in [0, 0.05) is 11.1 Å². The summed E-state index contributed by atoms with van der Waals surface area (Å²) in [6.45, 7) is 1.89. The Kier molecular flexibility index (Phi) is 5.22. The molecule has 2 amide bonds. The lowest BCUT2D eigenvalue weighted by atomic mass is 10.00. The average Bonchev–Trinajstić information content (AvgIpc) is 2.69. The first-order valence-electron chi connectivity index (χ1n) is 8.46. The van der Waals surface area contributed by atoms with Gasteiger partial charge in [0.1, 0.15) is 5.75 Å². The maximum Gasteiger partial charge on any atom is 0.323 e. The van der Waals surface area contributed by atoms with Gasteiger partial charge >= 0.3 is 6.03 Å². The summed E-state index contributed by atoms with van der Waals surface area (Å²) >= 11 is 0. The maximum atomic E-state index is 13.1. The smallest absolute Gasteiger partial charge is 0.323 e. The summed E-state index contributed by atoms with van der Waals surface area (Å²) < 4.78 is 5.14. The monoisotopic (exact) mass is 360 g/mol. The predicted molar refractivity (Wildman–Crippen MR) is 106 cm³/mol. The van der Waals surface area contributed by atoms with E-state index in [9.17, 15) is 9.59 Å².